The minimum Gasteiger partial charge on any atom is -0.493 e. The number of methoxy groups -OCH3 is 1. The first-order valence-corrected chi connectivity index (χ1v) is 8.89. The zero-order valence-electron chi connectivity index (χ0n) is 14.7. The third kappa shape index (κ3) is 2.34. The summed E-state index contributed by atoms with van der Waals surface area (Å²) >= 11 is 0. The Bertz CT molecular complexity index is 1120. The van der Waals surface area contributed by atoms with Crippen LogP contribution in [0.5, 0.6) is 5.75 Å². The van der Waals surface area contributed by atoms with Gasteiger partial charge in [-0.2, -0.15) is 0 Å². The van der Waals surface area contributed by atoms with E-state index in [9.17, 15) is 9.59 Å². The van der Waals surface area contributed by atoms with Crippen molar-refractivity contribution < 1.29 is 13.9 Å². The Morgan fingerprint density at radius 3 is 3.07 bits per heavy atom. The maximum Gasteiger partial charge on any atom is 0.349 e. The van der Waals surface area contributed by atoms with E-state index in [2.05, 4.69) is 9.97 Å². The average molecular weight is 363 g/mol. The third-order valence-electron chi connectivity index (χ3n) is 5.53. The molecule has 2 bridgehead atoms. The highest BCUT2D eigenvalue weighted by atomic mass is 16.5. The molecule has 2 atom stereocenters. The molecule has 0 spiro atoms. The van der Waals surface area contributed by atoms with Gasteiger partial charge >= 0.3 is 5.63 Å². The lowest BCUT2D eigenvalue weighted by molar-refractivity contribution is 0.0639. The van der Waals surface area contributed by atoms with E-state index in [0.29, 0.717) is 23.1 Å². The Kier molecular flexibility index (Phi) is 3.50. The van der Waals surface area contributed by atoms with Crippen LogP contribution >= 0.6 is 0 Å². The fourth-order valence-corrected chi connectivity index (χ4v) is 4.30. The van der Waals surface area contributed by atoms with Gasteiger partial charge in [0.15, 0.2) is 11.3 Å². The molecule has 0 N–H and O–H groups in total. The molecular formula is C20H17N3O4. The number of ether oxygens (including phenoxy) is 1. The number of hydrogen-bond acceptors (Lipinski definition) is 6. The van der Waals surface area contributed by atoms with Gasteiger partial charge in [0.2, 0.25) is 0 Å². The SMILES string of the molecule is COc1cccc2cc(C(=O)N3C4CCC3c3cncnc3C4)c(=O)oc12. The Balaban J connectivity index is 1.59. The van der Waals surface area contributed by atoms with Crippen LogP contribution in [0.4, 0.5) is 0 Å². The molecule has 1 aromatic carbocycles. The van der Waals surface area contributed by atoms with E-state index in [4.69, 9.17) is 9.15 Å². The molecule has 2 unspecified atom stereocenters. The van der Waals surface area contributed by atoms with Crippen LogP contribution < -0.4 is 10.4 Å². The van der Waals surface area contributed by atoms with Crippen molar-refractivity contribution in [3.63, 3.8) is 0 Å². The molecule has 5 rings (SSSR count). The molecule has 2 aliphatic rings. The molecule has 136 valence electrons. The van der Waals surface area contributed by atoms with Crippen LogP contribution in [0.3, 0.4) is 0 Å². The molecule has 1 fully saturated rings. The topological polar surface area (TPSA) is 85.5 Å². The van der Waals surface area contributed by atoms with Crippen LogP contribution in [0, 0.1) is 0 Å². The quantitative estimate of drug-likeness (QED) is 0.650. The van der Waals surface area contributed by atoms with E-state index >= 15 is 0 Å². The smallest absolute Gasteiger partial charge is 0.349 e. The van der Waals surface area contributed by atoms with Crippen molar-refractivity contribution in [1.29, 1.82) is 0 Å². The maximum absolute atomic E-state index is 13.3. The molecule has 0 aliphatic carbocycles. The van der Waals surface area contributed by atoms with E-state index in [1.807, 2.05) is 4.90 Å². The van der Waals surface area contributed by atoms with Crippen LogP contribution in [0.15, 0.2) is 46.0 Å². The summed E-state index contributed by atoms with van der Waals surface area (Å²) < 4.78 is 10.7. The van der Waals surface area contributed by atoms with Gasteiger partial charge in [-0.1, -0.05) is 12.1 Å². The molecule has 2 aliphatic heterocycles. The summed E-state index contributed by atoms with van der Waals surface area (Å²) in [5, 5.41) is 0.658. The fraction of sp³-hybridized carbons (Fsp3) is 0.300. The summed E-state index contributed by atoms with van der Waals surface area (Å²) in [4.78, 5) is 36.1. The van der Waals surface area contributed by atoms with E-state index in [-0.39, 0.29) is 23.6 Å². The van der Waals surface area contributed by atoms with Crippen LogP contribution in [0.25, 0.3) is 11.0 Å². The number of benzene rings is 1. The van der Waals surface area contributed by atoms with Gasteiger partial charge < -0.3 is 14.1 Å². The zero-order valence-corrected chi connectivity index (χ0v) is 14.7. The standard InChI is InChI=1S/C20H17N3O4/c1-26-17-4-2-3-11-7-13(20(25)27-18(11)17)19(24)23-12-5-6-16(23)14-9-21-10-22-15(14)8-12/h2-4,7,9-10,12,16H,5-6,8H2,1H3. The maximum atomic E-state index is 13.3. The van der Waals surface area contributed by atoms with Crippen LogP contribution in [0.2, 0.25) is 0 Å². The number of fused-ring (bicyclic) bond motifs is 5. The largest absolute Gasteiger partial charge is 0.493 e. The van der Waals surface area contributed by atoms with Gasteiger partial charge in [-0.3, -0.25) is 4.79 Å². The number of aromatic nitrogens is 2. The summed E-state index contributed by atoms with van der Waals surface area (Å²) in [7, 11) is 1.51. The molecule has 1 saturated heterocycles. The summed E-state index contributed by atoms with van der Waals surface area (Å²) in [5.41, 5.74) is 1.73. The highest BCUT2D eigenvalue weighted by molar-refractivity contribution is 5.98. The number of hydrogen-bond donors (Lipinski definition) is 0. The molecule has 27 heavy (non-hydrogen) atoms. The Hall–Kier alpha value is -3.22. The minimum atomic E-state index is -0.647. The molecule has 3 aromatic rings. The van der Waals surface area contributed by atoms with E-state index < -0.39 is 5.63 Å². The van der Waals surface area contributed by atoms with Gasteiger partial charge in [-0.05, 0) is 25.0 Å². The number of carbonyl (C=O) groups excluding carboxylic acids is 1. The number of nitrogens with zero attached hydrogens (tertiary/aromatic N) is 3. The first-order valence-electron chi connectivity index (χ1n) is 8.89. The van der Waals surface area contributed by atoms with Gasteiger partial charge in [-0.15, -0.1) is 0 Å². The van der Waals surface area contributed by atoms with Crippen molar-refractivity contribution in [2.75, 3.05) is 7.11 Å². The number of amides is 1. The average Bonchev–Trinajstić information content (AvgIpc) is 3.01. The van der Waals surface area contributed by atoms with Gasteiger partial charge in [0.25, 0.3) is 5.91 Å². The molecular weight excluding hydrogens is 346 g/mol. The molecule has 7 nitrogen and oxygen atoms in total. The Labute approximate surface area is 154 Å². The summed E-state index contributed by atoms with van der Waals surface area (Å²) in [6, 6.07) is 6.87. The van der Waals surface area contributed by atoms with Crippen molar-refractivity contribution in [3.8, 4) is 5.75 Å². The van der Waals surface area contributed by atoms with Gasteiger partial charge in [0.1, 0.15) is 11.9 Å². The van der Waals surface area contributed by atoms with Crippen LogP contribution in [0.1, 0.15) is 40.5 Å². The van der Waals surface area contributed by atoms with Gasteiger partial charge in [-0.25, -0.2) is 14.8 Å². The molecule has 0 saturated carbocycles. The Morgan fingerprint density at radius 2 is 2.22 bits per heavy atom. The van der Waals surface area contributed by atoms with E-state index in [1.54, 1.807) is 36.8 Å². The number of para-hydroxylation sites is 1. The highest BCUT2D eigenvalue weighted by Gasteiger charge is 2.44. The second-order valence-electron chi connectivity index (χ2n) is 6.91. The lowest BCUT2D eigenvalue weighted by Crippen LogP contribution is -2.43. The first-order chi connectivity index (χ1) is 13.2. The second-order valence-corrected chi connectivity index (χ2v) is 6.91. The minimum absolute atomic E-state index is 0.0466. The molecule has 7 heteroatoms. The normalized spacial score (nSPS) is 20.6. The van der Waals surface area contributed by atoms with Crippen molar-refractivity contribution in [2.24, 2.45) is 0 Å². The molecule has 2 aromatic heterocycles. The number of rotatable bonds is 2. The van der Waals surface area contributed by atoms with Crippen molar-refractivity contribution in [1.82, 2.24) is 14.9 Å². The molecule has 1 amide bonds. The predicted molar refractivity (Wildman–Crippen MR) is 96.7 cm³/mol. The van der Waals surface area contributed by atoms with Gasteiger partial charge in [0, 0.05) is 29.6 Å². The highest BCUT2D eigenvalue weighted by Crippen LogP contribution is 2.43. The monoisotopic (exact) mass is 363 g/mol. The van der Waals surface area contributed by atoms with E-state index in [0.717, 1.165) is 24.1 Å². The molecule has 0 radical (unpaired) electrons. The lowest BCUT2D eigenvalue weighted by atomic mass is 9.98. The zero-order chi connectivity index (χ0) is 18.5. The second kappa shape index (κ2) is 5.90. The predicted octanol–water partition coefficient (Wildman–Crippen LogP) is 2.49. The van der Waals surface area contributed by atoms with Gasteiger partial charge in [0.05, 0.1) is 18.8 Å². The van der Waals surface area contributed by atoms with Crippen molar-refractivity contribution >= 4 is 16.9 Å². The summed E-state index contributed by atoms with van der Waals surface area (Å²) in [6.45, 7) is 0. The van der Waals surface area contributed by atoms with Crippen molar-refractivity contribution in [2.45, 2.75) is 31.3 Å². The Morgan fingerprint density at radius 1 is 1.33 bits per heavy atom. The third-order valence-corrected chi connectivity index (χ3v) is 5.53. The summed E-state index contributed by atoms with van der Waals surface area (Å²) in [5.74, 6) is 0.170. The fourth-order valence-electron chi connectivity index (χ4n) is 4.30. The summed E-state index contributed by atoms with van der Waals surface area (Å²) in [6.07, 6.45) is 5.75. The lowest BCUT2D eigenvalue weighted by Gasteiger charge is -2.35. The molecule has 4 heterocycles. The van der Waals surface area contributed by atoms with Crippen LogP contribution in [-0.2, 0) is 6.42 Å². The number of carbonyl (C=O) groups is 1. The van der Waals surface area contributed by atoms with Crippen molar-refractivity contribution in [3.05, 3.63) is 64.0 Å². The van der Waals surface area contributed by atoms with E-state index in [1.165, 1.54) is 7.11 Å². The van der Waals surface area contributed by atoms with Crippen LogP contribution in [-0.4, -0.2) is 33.9 Å². The first kappa shape index (κ1) is 16.0.